The standard InChI is InChI=1S/C15H26N2O3/c1-10(2-5-14(18)19)6-7-16-15(20)17-13-9-11-3-4-12(13)8-11/h10-13H,2-9H2,1H3,(H,18,19)(H2,16,17,20). The molecule has 0 heterocycles. The molecule has 114 valence electrons. The Morgan fingerprint density at radius 3 is 2.65 bits per heavy atom. The third kappa shape index (κ3) is 4.39. The van der Waals surface area contributed by atoms with E-state index in [0.29, 0.717) is 30.8 Å². The van der Waals surface area contributed by atoms with Gasteiger partial charge in [0.1, 0.15) is 0 Å². The van der Waals surface area contributed by atoms with Crippen LogP contribution in [0.15, 0.2) is 0 Å². The molecule has 2 amide bonds. The molecule has 0 spiro atoms. The molecule has 2 rings (SSSR count). The number of amides is 2. The predicted octanol–water partition coefficient (Wildman–Crippen LogP) is 2.37. The molecule has 4 atom stereocenters. The van der Waals surface area contributed by atoms with Gasteiger partial charge >= 0.3 is 12.0 Å². The molecule has 0 aliphatic heterocycles. The smallest absolute Gasteiger partial charge is 0.315 e. The molecule has 4 unspecified atom stereocenters. The second-order valence-electron chi connectivity index (χ2n) is 6.51. The van der Waals surface area contributed by atoms with E-state index in [-0.39, 0.29) is 12.5 Å². The number of fused-ring (bicyclic) bond motifs is 2. The molecule has 2 aliphatic carbocycles. The van der Waals surface area contributed by atoms with Crippen LogP contribution in [0.25, 0.3) is 0 Å². The maximum Gasteiger partial charge on any atom is 0.315 e. The highest BCUT2D eigenvalue weighted by molar-refractivity contribution is 5.74. The van der Waals surface area contributed by atoms with Crippen LogP contribution in [0, 0.1) is 17.8 Å². The minimum absolute atomic E-state index is 0.0621. The number of urea groups is 1. The lowest BCUT2D eigenvalue weighted by atomic mass is 9.95. The van der Waals surface area contributed by atoms with Crippen LogP contribution in [0.2, 0.25) is 0 Å². The highest BCUT2D eigenvalue weighted by Gasteiger charge is 2.40. The zero-order valence-electron chi connectivity index (χ0n) is 12.2. The molecule has 0 saturated heterocycles. The number of rotatable bonds is 7. The molecule has 0 aromatic rings. The zero-order chi connectivity index (χ0) is 14.5. The van der Waals surface area contributed by atoms with Gasteiger partial charge in [-0.2, -0.15) is 0 Å². The third-order valence-electron chi connectivity index (χ3n) is 4.83. The summed E-state index contributed by atoms with van der Waals surface area (Å²) in [6.45, 7) is 2.64. The number of carboxylic acid groups (broad SMARTS) is 1. The van der Waals surface area contributed by atoms with Gasteiger partial charge in [-0.15, -0.1) is 0 Å². The Morgan fingerprint density at radius 2 is 2.05 bits per heavy atom. The summed E-state index contributed by atoms with van der Waals surface area (Å²) < 4.78 is 0. The Bertz CT molecular complexity index is 359. The number of nitrogens with one attached hydrogen (secondary N) is 2. The van der Waals surface area contributed by atoms with Crippen molar-refractivity contribution in [1.29, 1.82) is 0 Å². The molecule has 2 saturated carbocycles. The summed E-state index contributed by atoms with van der Waals surface area (Å²) in [5.74, 6) is 1.11. The molecular weight excluding hydrogens is 256 g/mol. The SMILES string of the molecule is CC(CCNC(=O)NC1CC2CCC1C2)CCC(=O)O. The van der Waals surface area contributed by atoms with Crippen molar-refractivity contribution in [2.45, 2.75) is 57.9 Å². The van der Waals surface area contributed by atoms with Crippen LogP contribution in [0.5, 0.6) is 0 Å². The quantitative estimate of drug-likeness (QED) is 0.670. The van der Waals surface area contributed by atoms with Crippen LogP contribution >= 0.6 is 0 Å². The number of aliphatic carboxylic acids is 1. The second kappa shape index (κ2) is 6.95. The third-order valence-corrected chi connectivity index (χ3v) is 4.83. The van der Waals surface area contributed by atoms with Crippen molar-refractivity contribution in [1.82, 2.24) is 10.6 Å². The van der Waals surface area contributed by atoms with Crippen LogP contribution in [0.3, 0.4) is 0 Å². The van der Waals surface area contributed by atoms with Crippen molar-refractivity contribution in [3.63, 3.8) is 0 Å². The highest BCUT2D eigenvalue weighted by atomic mass is 16.4. The molecule has 0 aromatic heterocycles. The maximum absolute atomic E-state index is 11.8. The molecule has 5 heteroatoms. The Kier molecular flexibility index (Phi) is 5.26. The molecule has 0 radical (unpaired) electrons. The predicted molar refractivity (Wildman–Crippen MR) is 76.4 cm³/mol. The van der Waals surface area contributed by atoms with Crippen LogP contribution in [0.1, 0.15) is 51.9 Å². The molecule has 2 fully saturated rings. The summed E-state index contributed by atoms with van der Waals surface area (Å²) in [6, 6.07) is 0.311. The van der Waals surface area contributed by atoms with Gasteiger partial charge in [0.25, 0.3) is 0 Å². The largest absolute Gasteiger partial charge is 0.481 e. The summed E-state index contributed by atoms with van der Waals surface area (Å²) in [5.41, 5.74) is 0. The summed E-state index contributed by atoms with van der Waals surface area (Å²) in [5, 5.41) is 14.6. The van der Waals surface area contributed by atoms with Crippen molar-refractivity contribution in [3.05, 3.63) is 0 Å². The molecule has 2 aliphatic rings. The normalized spacial score (nSPS) is 29.1. The fourth-order valence-corrected chi connectivity index (χ4v) is 3.59. The first-order chi connectivity index (χ1) is 9.54. The van der Waals surface area contributed by atoms with Gasteiger partial charge in [-0.1, -0.05) is 13.3 Å². The first-order valence-electron chi connectivity index (χ1n) is 7.80. The van der Waals surface area contributed by atoms with E-state index in [0.717, 1.165) is 18.8 Å². The maximum atomic E-state index is 11.8. The molecule has 3 N–H and O–H groups in total. The van der Waals surface area contributed by atoms with E-state index in [2.05, 4.69) is 10.6 Å². The molecule has 0 aromatic carbocycles. The highest BCUT2D eigenvalue weighted by Crippen LogP contribution is 2.44. The molecule has 20 heavy (non-hydrogen) atoms. The topological polar surface area (TPSA) is 78.4 Å². The lowest BCUT2D eigenvalue weighted by molar-refractivity contribution is -0.137. The summed E-state index contributed by atoms with van der Waals surface area (Å²) in [7, 11) is 0. The van der Waals surface area contributed by atoms with Crippen molar-refractivity contribution in [2.75, 3.05) is 6.54 Å². The van der Waals surface area contributed by atoms with E-state index in [1.54, 1.807) is 0 Å². The summed E-state index contributed by atoms with van der Waals surface area (Å²) in [6.07, 6.45) is 6.75. The van der Waals surface area contributed by atoms with E-state index in [1.807, 2.05) is 6.92 Å². The van der Waals surface area contributed by atoms with Crippen LogP contribution in [0.4, 0.5) is 4.79 Å². The van der Waals surface area contributed by atoms with Gasteiger partial charge in [0.15, 0.2) is 0 Å². The molecular formula is C15H26N2O3. The minimum Gasteiger partial charge on any atom is -0.481 e. The van der Waals surface area contributed by atoms with Crippen molar-refractivity contribution in [2.24, 2.45) is 17.8 Å². The number of carbonyl (C=O) groups excluding carboxylic acids is 1. The second-order valence-corrected chi connectivity index (χ2v) is 6.51. The lowest BCUT2D eigenvalue weighted by Crippen LogP contribution is -2.44. The van der Waals surface area contributed by atoms with E-state index in [1.165, 1.54) is 19.3 Å². The zero-order valence-corrected chi connectivity index (χ0v) is 12.2. The molecule has 2 bridgehead atoms. The van der Waals surface area contributed by atoms with E-state index in [9.17, 15) is 9.59 Å². The number of carboxylic acids is 1. The van der Waals surface area contributed by atoms with Gasteiger partial charge < -0.3 is 15.7 Å². The monoisotopic (exact) mass is 282 g/mol. The average Bonchev–Trinajstić information content (AvgIpc) is 2.98. The summed E-state index contributed by atoms with van der Waals surface area (Å²) in [4.78, 5) is 22.3. The Hall–Kier alpha value is -1.26. The van der Waals surface area contributed by atoms with Crippen LogP contribution in [-0.2, 0) is 4.79 Å². The van der Waals surface area contributed by atoms with Gasteiger partial charge in [0.05, 0.1) is 0 Å². The Morgan fingerprint density at radius 1 is 1.25 bits per heavy atom. The van der Waals surface area contributed by atoms with Gasteiger partial charge in [-0.3, -0.25) is 4.79 Å². The van der Waals surface area contributed by atoms with Crippen LogP contribution < -0.4 is 10.6 Å². The summed E-state index contributed by atoms with van der Waals surface area (Å²) >= 11 is 0. The number of hydrogen-bond acceptors (Lipinski definition) is 2. The Balaban J connectivity index is 1.55. The lowest BCUT2D eigenvalue weighted by Gasteiger charge is -2.23. The van der Waals surface area contributed by atoms with Gasteiger partial charge in [0.2, 0.25) is 0 Å². The number of hydrogen-bond donors (Lipinski definition) is 3. The van der Waals surface area contributed by atoms with E-state index < -0.39 is 5.97 Å². The van der Waals surface area contributed by atoms with Crippen molar-refractivity contribution in [3.8, 4) is 0 Å². The fourth-order valence-electron chi connectivity index (χ4n) is 3.59. The van der Waals surface area contributed by atoms with Gasteiger partial charge in [0, 0.05) is 19.0 Å². The van der Waals surface area contributed by atoms with Gasteiger partial charge in [-0.05, 0) is 49.9 Å². The first-order valence-corrected chi connectivity index (χ1v) is 7.80. The number of carbonyl (C=O) groups is 2. The fraction of sp³-hybridized carbons (Fsp3) is 0.867. The minimum atomic E-state index is -0.751. The van der Waals surface area contributed by atoms with Crippen LogP contribution in [-0.4, -0.2) is 29.7 Å². The van der Waals surface area contributed by atoms with E-state index in [4.69, 9.17) is 5.11 Å². The molecule has 5 nitrogen and oxygen atoms in total. The van der Waals surface area contributed by atoms with Crippen molar-refractivity contribution < 1.29 is 14.7 Å². The average molecular weight is 282 g/mol. The van der Waals surface area contributed by atoms with Crippen molar-refractivity contribution >= 4 is 12.0 Å². The Labute approximate surface area is 120 Å². The van der Waals surface area contributed by atoms with E-state index >= 15 is 0 Å². The first kappa shape index (κ1) is 15.1. The van der Waals surface area contributed by atoms with Gasteiger partial charge in [-0.25, -0.2) is 4.79 Å².